The van der Waals surface area contributed by atoms with Gasteiger partial charge >= 0.3 is 5.97 Å². The van der Waals surface area contributed by atoms with Gasteiger partial charge in [0.15, 0.2) is 5.31 Å². The van der Waals surface area contributed by atoms with E-state index >= 15 is 0 Å². The average Bonchev–Trinajstić information content (AvgIpc) is 1.96. The standard InChI is InChI=1S/C7H12Br2O2Si/c1-3-7(10)11-5-4-6-12(2,8)9/h3H,1,4-6H2,2H3. The van der Waals surface area contributed by atoms with Crippen LogP contribution in [0, 0.1) is 0 Å². The summed E-state index contributed by atoms with van der Waals surface area (Å²) in [7, 11) is 0. The van der Waals surface area contributed by atoms with Gasteiger partial charge in [-0.05, 0) is 12.5 Å². The van der Waals surface area contributed by atoms with E-state index in [1.807, 2.05) is 0 Å². The zero-order valence-electron chi connectivity index (χ0n) is 6.98. The van der Waals surface area contributed by atoms with Gasteiger partial charge in [-0.3, -0.25) is 0 Å². The molecule has 0 bridgehead atoms. The van der Waals surface area contributed by atoms with E-state index in [-0.39, 0.29) is 5.97 Å². The van der Waals surface area contributed by atoms with Gasteiger partial charge in [0.25, 0.3) is 0 Å². The molecule has 70 valence electrons. The highest BCUT2D eigenvalue weighted by Crippen LogP contribution is 2.25. The molecule has 0 aromatic carbocycles. The van der Waals surface area contributed by atoms with Crippen molar-refractivity contribution in [1.82, 2.24) is 0 Å². The monoisotopic (exact) mass is 314 g/mol. The second kappa shape index (κ2) is 5.94. The largest absolute Gasteiger partial charge is 0.463 e. The molecular formula is C7H12Br2O2Si. The van der Waals surface area contributed by atoms with Crippen molar-refractivity contribution in [1.29, 1.82) is 0 Å². The summed E-state index contributed by atoms with van der Waals surface area (Å²) >= 11 is 7.12. The molecule has 0 aliphatic carbocycles. The van der Waals surface area contributed by atoms with Gasteiger partial charge in [0.05, 0.1) is 6.61 Å². The van der Waals surface area contributed by atoms with Crippen LogP contribution in [0.1, 0.15) is 6.42 Å². The molecule has 0 aliphatic rings. The Labute approximate surface area is 89.5 Å². The highest BCUT2D eigenvalue weighted by Gasteiger charge is 2.17. The van der Waals surface area contributed by atoms with Crippen LogP contribution in [-0.4, -0.2) is 17.9 Å². The van der Waals surface area contributed by atoms with Gasteiger partial charge in [-0.1, -0.05) is 13.1 Å². The first-order valence-corrected chi connectivity index (χ1v) is 10.8. The Bertz CT molecular complexity index is 165. The van der Waals surface area contributed by atoms with Crippen molar-refractivity contribution in [3.05, 3.63) is 12.7 Å². The van der Waals surface area contributed by atoms with Crippen molar-refractivity contribution >= 4 is 41.9 Å². The van der Waals surface area contributed by atoms with Gasteiger partial charge in [-0.2, -0.15) is 0 Å². The zero-order valence-corrected chi connectivity index (χ0v) is 11.2. The Balaban J connectivity index is 3.34. The van der Waals surface area contributed by atoms with E-state index in [9.17, 15) is 4.79 Å². The van der Waals surface area contributed by atoms with Crippen LogP contribution in [-0.2, 0) is 9.53 Å². The summed E-state index contributed by atoms with van der Waals surface area (Å²) < 4.78 is 4.81. The lowest BCUT2D eigenvalue weighted by atomic mass is 10.5. The zero-order chi connectivity index (χ0) is 9.61. The third kappa shape index (κ3) is 8.48. The SMILES string of the molecule is C=CC(=O)OCCC[Si](C)(Br)Br. The molecule has 0 aliphatic heterocycles. The Kier molecular flexibility index (Phi) is 6.13. The Morgan fingerprint density at radius 2 is 2.25 bits per heavy atom. The molecule has 0 heterocycles. The lowest BCUT2D eigenvalue weighted by molar-refractivity contribution is -0.137. The van der Waals surface area contributed by atoms with Crippen LogP contribution in [0.2, 0.25) is 12.6 Å². The number of carbonyl (C=O) groups excluding carboxylic acids is 1. The molecule has 0 N–H and O–H groups in total. The number of ether oxygens (including phenoxy) is 1. The molecule has 0 atom stereocenters. The predicted octanol–water partition coefficient (Wildman–Crippen LogP) is 2.97. The van der Waals surface area contributed by atoms with Crippen LogP contribution < -0.4 is 0 Å². The van der Waals surface area contributed by atoms with E-state index in [2.05, 4.69) is 43.7 Å². The van der Waals surface area contributed by atoms with Crippen LogP contribution in [0.4, 0.5) is 0 Å². The average molecular weight is 316 g/mol. The van der Waals surface area contributed by atoms with Crippen LogP contribution in [0.25, 0.3) is 0 Å². The summed E-state index contributed by atoms with van der Waals surface area (Å²) in [6.07, 6.45) is 2.07. The molecule has 0 spiro atoms. The maximum atomic E-state index is 10.6. The number of esters is 1. The molecule has 0 saturated heterocycles. The molecule has 0 unspecified atom stereocenters. The molecule has 0 fully saturated rings. The van der Waals surface area contributed by atoms with Crippen molar-refractivity contribution in [2.45, 2.75) is 19.0 Å². The molecule has 0 radical (unpaired) electrons. The van der Waals surface area contributed by atoms with Gasteiger partial charge in [0.1, 0.15) is 0 Å². The van der Waals surface area contributed by atoms with Gasteiger partial charge < -0.3 is 4.74 Å². The number of halogens is 2. The second-order valence-corrected chi connectivity index (χ2v) is 18.9. The highest BCUT2D eigenvalue weighted by atomic mass is 79.9. The number of hydrogen-bond acceptors (Lipinski definition) is 2. The van der Waals surface area contributed by atoms with E-state index in [0.717, 1.165) is 12.5 Å². The minimum Gasteiger partial charge on any atom is -0.463 e. The van der Waals surface area contributed by atoms with Gasteiger partial charge in [-0.25, -0.2) is 4.79 Å². The lowest BCUT2D eigenvalue weighted by Crippen LogP contribution is -2.12. The summed E-state index contributed by atoms with van der Waals surface area (Å²) in [5.41, 5.74) is 0. The molecular weight excluding hydrogens is 304 g/mol. The van der Waals surface area contributed by atoms with Gasteiger partial charge in [0.2, 0.25) is 0 Å². The Morgan fingerprint density at radius 1 is 1.67 bits per heavy atom. The third-order valence-electron chi connectivity index (χ3n) is 1.17. The fourth-order valence-corrected chi connectivity index (χ4v) is 3.06. The van der Waals surface area contributed by atoms with E-state index in [0.29, 0.717) is 6.61 Å². The Hall–Kier alpha value is 0.387. The highest BCUT2D eigenvalue weighted by molar-refractivity contribution is 9.51. The van der Waals surface area contributed by atoms with E-state index in [4.69, 9.17) is 4.74 Å². The first-order chi connectivity index (χ1) is 5.45. The topological polar surface area (TPSA) is 26.3 Å². The second-order valence-electron chi connectivity index (χ2n) is 2.55. The third-order valence-corrected chi connectivity index (χ3v) is 4.78. The van der Waals surface area contributed by atoms with Crippen LogP contribution in [0.3, 0.4) is 0 Å². The summed E-state index contributed by atoms with van der Waals surface area (Å²) in [5, 5.41) is -1.33. The van der Waals surface area contributed by atoms with Crippen molar-refractivity contribution in [2.75, 3.05) is 6.61 Å². The molecule has 0 aromatic heterocycles. The van der Waals surface area contributed by atoms with Crippen molar-refractivity contribution in [3.8, 4) is 0 Å². The molecule has 0 saturated carbocycles. The number of hydrogen-bond donors (Lipinski definition) is 0. The van der Waals surface area contributed by atoms with Gasteiger partial charge in [0, 0.05) is 6.08 Å². The predicted molar refractivity (Wildman–Crippen MR) is 60.1 cm³/mol. The van der Waals surface area contributed by atoms with E-state index in [1.54, 1.807) is 0 Å². The first-order valence-electron chi connectivity index (χ1n) is 3.63. The number of rotatable bonds is 5. The van der Waals surface area contributed by atoms with Gasteiger partial charge in [-0.15, -0.1) is 30.6 Å². The van der Waals surface area contributed by atoms with Crippen LogP contribution in [0.5, 0.6) is 0 Å². The van der Waals surface area contributed by atoms with Crippen molar-refractivity contribution in [3.63, 3.8) is 0 Å². The normalized spacial score (nSPS) is 10.9. The lowest BCUT2D eigenvalue weighted by Gasteiger charge is -2.09. The molecule has 5 heteroatoms. The quantitative estimate of drug-likeness (QED) is 0.256. The minimum absolute atomic E-state index is 0.345. The molecule has 0 amide bonds. The molecule has 0 rings (SSSR count). The first kappa shape index (κ1) is 12.4. The van der Waals surface area contributed by atoms with Crippen LogP contribution >= 0.6 is 30.6 Å². The summed E-state index contributed by atoms with van der Waals surface area (Å²) in [5.74, 6) is -0.345. The van der Waals surface area contributed by atoms with E-state index in [1.165, 1.54) is 6.08 Å². The molecule has 2 nitrogen and oxygen atoms in total. The Morgan fingerprint density at radius 3 is 2.67 bits per heavy atom. The molecule has 12 heavy (non-hydrogen) atoms. The number of carbonyl (C=O) groups is 1. The summed E-state index contributed by atoms with van der Waals surface area (Å²) in [6, 6.07) is 1.04. The maximum Gasteiger partial charge on any atom is 0.330 e. The van der Waals surface area contributed by atoms with Crippen molar-refractivity contribution < 1.29 is 9.53 Å². The smallest absolute Gasteiger partial charge is 0.330 e. The fraction of sp³-hybridized carbons (Fsp3) is 0.571. The fourth-order valence-electron chi connectivity index (χ4n) is 0.614. The molecule has 0 aromatic rings. The minimum atomic E-state index is -1.33. The van der Waals surface area contributed by atoms with E-state index < -0.39 is 5.31 Å². The summed E-state index contributed by atoms with van der Waals surface area (Å²) in [6.45, 7) is 5.92. The maximum absolute atomic E-state index is 10.6. The van der Waals surface area contributed by atoms with Crippen LogP contribution in [0.15, 0.2) is 12.7 Å². The van der Waals surface area contributed by atoms with Crippen molar-refractivity contribution in [2.24, 2.45) is 0 Å². The summed E-state index contributed by atoms with van der Waals surface area (Å²) in [4.78, 5) is 10.6.